The first-order chi connectivity index (χ1) is 6.94. The molecular weight excluding hydrogens is 282 g/mol. The van der Waals surface area contributed by atoms with Gasteiger partial charge in [0.2, 0.25) is 10.0 Å². The molecule has 0 aliphatic carbocycles. The number of hydrogen-bond acceptors (Lipinski definition) is 3. The van der Waals surface area contributed by atoms with Gasteiger partial charge in [0.1, 0.15) is 0 Å². The van der Waals surface area contributed by atoms with E-state index in [0.29, 0.717) is 5.56 Å². The second-order valence-electron chi connectivity index (χ2n) is 2.84. The van der Waals surface area contributed by atoms with Gasteiger partial charge in [-0.3, -0.25) is 4.79 Å². The number of sulfonamides is 1. The number of hydrogen-bond donors (Lipinski definition) is 1. The molecule has 0 saturated carbocycles. The number of carbonyl (C=O) groups is 1. The third-order valence-corrected chi connectivity index (χ3v) is 3.46. The molecule has 0 atom stereocenters. The molecule has 0 unspecified atom stereocenters. The van der Waals surface area contributed by atoms with Gasteiger partial charge in [-0.1, -0.05) is 22.0 Å². The Morgan fingerprint density at radius 2 is 2.13 bits per heavy atom. The molecule has 1 rings (SSSR count). The van der Waals surface area contributed by atoms with Crippen LogP contribution >= 0.6 is 15.9 Å². The summed E-state index contributed by atoms with van der Waals surface area (Å²) in [4.78, 5) is 11.5. The Morgan fingerprint density at radius 1 is 1.47 bits per heavy atom. The Bertz CT molecular complexity index is 470. The zero-order valence-corrected chi connectivity index (χ0v) is 10.4. The molecule has 0 saturated heterocycles. The summed E-state index contributed by atoms with van der Waals surface area (Å²) in [6.45, 7) is 1.47. The molecule has 15 heavy (non-hydrogen) atoms. The lowest BCUT2D eigenvalue weighted by atomic mass is 10.2. The lowest BCUT2D eigenvalue weighted by molar-refractivity contribution is 0.0981. The summed E-state index contributed by atoms with van der Waals surface area (Å²) in [6, 6.07) is 6.52. The van der Waals surface area contributed by atoms with Gasteiger partial charge in [-0.15, -0.1) is 0 Å². The van der Waals surface area contributed by atoms with Crippen molar-refractivity contribution >= 4 is 31.9 Å². The molecule has 1 N–H and O–H groups in total. The highest BCUT2D eigenvalue weighted by molar-refractivity contribution is 9.10. The lowest BCUT2D eigenvalue weighted by Gasteiger charge is -2.04. The number of benzene rings is 1. The summed E-state index contributed by atoms with van der Waals surface area (Å²) >= 11 is 3.20. The van der Waals surface area contributed by atoms with Crippen LogP contribution in [0.25, 0.3) is 0 Å². The number of carbonyl (C=O) groups excluding carboxylic acids is 1. The molecule has 0 radical (unpaired) electrons. The normalized spacial score (nSPS) is 11.1. The van der Waals surface area contributed by atoms with Crippen LogP contribution in [-0.2, 0) is 10.0 Å². The molecule has 1 aromatic carbocycles. The van der Waals surface area contributed by atoms with Gasteiger partial charge in [-0.05, 0) is 25.1 Å². The zero-order valence-electron chi connectivity index (χ0n) is 8.03. The Balaban J connectivity index is 2.87. The fourth-order valence-electron chi connectivity index (χ4n) is 0.902. The van der Waals surface area contributed by atoms with Crippen molar-refractivity contribution in [3.63, 3.8) is 0 Å². The first-order valence-corrected chi connectivity index (χ1v) is 6.69. The summed E-state index contributed by atoms with van der Waals surface area (Å²) in [5, 5.41) is 0. The molecule has 0 fully saturated rings. The van der Waals surface area contributed by atoms with Crippen LogP contribution in [0.5, 0.6) is 0 Å². The third-order valence-electron chi connectivity index (χ3n) is 1.72. The maximum atomic E-state index is 11.5. The maximum Gasteiger partial charge on any atom is 0.264 e. The van der Waals surface area contributed by atoms with E-state index in [4.69, 9.17) is 0 Å². The molecule has 0 bridgehead atoms. The third kappa shape index (κ3) is 3.64. The SMILES string of the molecule is CCS(=O)(=O)NC(=O)c1cccc(Br)c1. The second kappa shape index (κ2) is 4.76. The zero-order chi connectivity index (χ0) is 11.5. The molecule has 0 aliphatic heterocycles. The minimum atomic E-state index is -3.49. The predicted octanol–water partition coefficient (Wildman–Crippen LogP) is 1.53. The first kappa shape index (κ1) is 12.2. The molecule has 0 spiro atoms. The molecule has 0 aromatic heterocycles. The summed E-state index contributed by atoms with van der Waals surface area (Å²) in [7, 11) is -3.49. The molecular formula is C9H10BrNO3S. The van der Waals surface area contributed by atoms with E-state index in [1.54, 1.807) is 24.3 Å². The summed E-state index contributed by atoms with van der Waals surface area (Å²) in [5.74, 6) is -0.731. The summed E-state index contributed by atoms with van der Waals surface area (Å²) in [6.07, 6.45) is 0. The topological polar surface area (TPSA) is 63.2 Å². The summed E-state index contributed by atoms with van der Waals surface area (Å²) < 4.78 is 24.9. The van der Waals surface area contributed by atoms with Crippen LogP contribution in [-0.4, -0.2) is 20.1 Å². The van der Waals surface area contributed by atoms with Gasteiger partial charge in [0.15, 0.2) is 0 Å². The molecule has 0 aliphatic rings. The van der Waals surface area contributed by atoms with Crippen molar-refractivity contribution in [2.24, 2.45) is 0 Å². The molecule has 82 valence electrons. The van der Waals surface area contributed by atoms with Crippen molar-refractivity contribution < 1.29 is 13.2 Å². The molecule has 1 amide bonds. The van der Waals surface area contributed by atoms with Crippen molar-refractivity contribution in [1.82, 2.24) is 4.72 Å². The van der Waals surface area contributed by atoms with Gasteiger partial charge in [-0.25, -0.2) is 13.1 Å². The molecule has 6 heteroatoms. The van der Waals surface area contributed by atoms with Crippen LogP contribution in [0, 0.1) is 0 Å². The number of amides is 1. The van der Waals surface area contributed by atoms with E-state index in [1.165, 1.54) is 6.92 Å². The van der Waals surface area contributed by atoms with Gasteiger partial charge in [0.25, 0.3) is 5.91 Å². The summed E-state index contributed by atoms with van der Waals surface area (Å²) in [5.41, 5.74) is 0.307. The van der Waals surface area contributed by atoms with E-state index in [2.05, 4.69) is 15.9 Å². The lowest BCUT2D eigenvalue weighted by Crippen LogP contribution is -2.31. The highest BCUT2D eigenvalue weighted by Crippen LogP contribution is 2.11. The van der Waals surface area contributed by atoms with Gasteiger partial charge in [0, 0.05) is 10.0 Å². The van der Waals surface area contributed by atoms with Crippen molar-refractivity contribution in [2.75, 3.05) is 5.75 Å². The maximum absolute atomic E-state index is 11.5. The molecule has 1 aromatic rings. The smallest absolute Gasteiger partial charge is 0.264 e. The van der Waals surface area contributed by atoms with Crippen molar-refractivity contribution in [3.05, 3.63) is 34.3 Å². The highest BCUT2D eigenvalue weighted by atomic mass is 79.9. The minimum Gasteiger partial charge on any atom is -0.268 e. The quantitative estimate of drug-likeness (QED) is 0.919. The van der Waals surface area contributed by atoms with E-state index in [-0.39, 0.29) is 5.75 Å². The molecule has 4 nitrogen and oxygen atoms in total. The monoisotopic (exact) mass is 291 g/mol. The van der Waals surface area contributed by atoms with E-state index in [0.717, 1.165) is 4.47 Å². The van der Waals surface area contributed by atoms with E-state index in [9.17, 15) is 13.2 Å². The van der Waals surface area contributed by atoms with Gasteiger partial charge in [0.05, 0.1) is 5.75 Å². The number of halogens is 1. The van der Waals surface area contributed by atoms with E-state index < -0.39 is 15.9 Å². The van der Waals surface area contributed by atoms with Crippen LogP contribution in [0.3, 0.4) is 0 Å². The van der Waals surface area contributed by atoms with Crippen molar-refractivity contribution in [3.8, 4) is 0 Å². The highest BCUT2D eigenvalue weighted by Gasteiger charge is 2.13. The first-order valence-electron chi connectivity index (χ1n) is 4.25. The van der Waals surface area contributed by atoms with Gasteiger partial charge < -0.3 is 0 Å². The average Bonchev–Trinajstić information content (AvgIpc) is 2.17. The Hall–Kier alpha value is -0.880. The average molecular weight is 292 g/mol. The van der Waals surface area contributed by atoms with Gasteiger partial charge in [-0.2, -0.15) is 0 Å². The van der Waals surface area contributed by atoms with Gasteiger partial charge >= 0.3 is 0 Å². The van der Waals surface area contributed by atoms with Crippen LogP contribution in [0.4, 0.5) is 0 Å². The largest absolute Gasteiger partial charge is 0.268 e. The Labute approximate surface area is 96.9 Å². The second-order valence-corrected chi connectivity index (χ2v) is 5.77. The predicted molar refractivity (Wildman–Crippen MR) is 61.1 cm³/mol. The minimum absolute atomic E-state index is 0.118. The standard InChI is InChI=1S/C9H10BrNO3S/c1-2-15(13,14)11-9(12)7-4-3-5-8(10)6-7/h3-6H,2H2,1H3,(H,11,12). The van der Waals surface area contributed by atoms with Crippen LogP contribution in [0.15, 0.2) is 28.7 Å². The molecule has 0 heterocycles. The van der Waals surface area contributed by atoms with Crippen LogP contribution in [0.1, 0.15) is 17.3 Å². The van der Waals surface area contributed by atoms with Crippen LogP contribution in [0.2, 0.25) is 0 Å². The van der Waals surface area contributed by atoms with E-state index in [1.807, 2.05) is 4.72 Å². The van der Waals surface area contributed by atoms with Crippen molar-refractivity contribution in [1.29, 1.82) is 0 Å². The van der Waals surface area contributed by atoms with E-state index >= 15 is 0 Å². The van der Waals surface area contributed by atoms with Crippen LogP contribution < -0.4 is 4.72 Å². The fraction of sp³-hybridized carbons (Fsp3) is 0.222. The Morgan fingerprint density at radius 3 is 2.67 bits per heavy atom. The van der Waals surface area contributed by atoms with Crippen molar-refractivity contribution in [2.45, 2.75) is 6.92 Å². The number of nitrogens with one attached hydrogen (secondary N) is 1. The fourth-order valence-corrected chi connectivity index (χ4v) is 1.85. The number of rotatable bonds is 3. The Kier molecular flexibility index (Phi) is 3.87.